The number of nitrogens with one attached hydrogen (secondary N) is 1. The molecule has 6 nitrogen and oxygen atoms in total. The molecule has 1 aromatic carbocycles. The van der Waals surface area contributed by atoms with Gasteiger partial charge < -0.3 is 11.1 Å². The van der Waals surface area contributed by atoms with Crippen molar-refractivity contribution in [1.29, 1.82) is 0 Å². The highest BCUT2D eigenvalue weighted by Gasteiger charge is 2.31. The van der Waals surface area contributed by atoms with E-state index in [2.05, 4.69) is 5.32 Å². The van der Waals surface area contributed by atoms with Crippen LogP contribution in [-0.4, -0.2) is 23.4 Å². The molecule has 0 aliphatic heterocycles. The first kappa shape index (κ1) is 16.4. The molecule has 110 valence electrons. The fourth-order valence-electron chi connectivity index (χ4n) is 2.13. The normalized spacial score (nSPS) is 15.1. The molecule has 1 aromatic rings. The average molecular weight is 300 g/mol. The lowest BCUT2D eigenvalue weighted by atomic mass is 10.1. The summed E-state index contributed by atoms with van der Waals surface area (Å²) in [6.45, 7) is 2.11. The van der Waals surface area contributed by atoms with Gasteiger partial charge in [-0.25, -0.2) is 0 Å². The van der Waals surface area contributed by atoms with E-state index in [1.54, 1.807) is 6.92 Å². The Bertz CT molecular complexity index is 518. The van der Waals surface area contributed by atoms with Crippen molar-refractivity contribution in [2.75, 3.05) is 6.54 Å². The van der Waals surface area contributed by atoms with Gasteiger partial charge in [0.2, 0.25) is 0 Å². The zero-order valence-electron chi connectivity index (χ0n) is 11.2. The van der Waals surface area contributed by atoms with Crippen LogP contribution >= 0.6 is 12.4 Å². The molecule has 0 bridgehead atoms. The molecule has 1 atom stereocenters. The van der Waals surface area contributed by atoms with E-state index >= 15 is 0 Å². The number of carbonyl (C=O) groups is 1. The second kappa shape index (κ2) is 6.67. The molecule has 1 fully saturated rings. The number of hydrogen-bond acceptors (Lipinski definition) is 4. The Morgan fingerprint density at radius 2 is 2.20 bits per heavy atom. The predicted molar refractivity (Wildman–Crippen MR) is 78.1 cm³/mol. The molecule has 1 saturated carbocycles. The van der Waals surface area contributed by atoms with Crippen molar-refractivity contribution in [3.8, 4) is 0 Å². The van der Waals surface area contributed by atoms with Crippen LogP contribution in [0.2, 0.25) is 0 Å². The maximum absolute atomic E-state index is 12.1. The molecule has 1 unspecified atom stereocenters. The summed E-state index contributed by atoms with van der Waals surface area (Å²) in [5.41, 5.74) is 6.69. The Morgan fingerprint density at radius 1 is 1.55 bits per heavy atom. The number of nitro groups is 1. The lowest BCUT2D eigenvalue weighted by Gasteiger charge is -2.16. The van der Waals surface area contributed by atoms with Crippen molar-refractivity contribution in [1.82, 2.24) is 5.32 Å². The minimum absolute atomic E-state index is 0. The summed E-state index contributed by atoms with van der Waals surface area (Å²) < 4.78 is 0. The van der Waals surface area contributed by atoms with Crippen molar-refractivity contribution in [3.63, 3.8) is 0 Å². The van der Waals surface area contributed by atoms with Crippen LogP contribution in [0.5, 0.6) is 0 Å². The van der Waals surface area contributed by atoms with Crippen LogP contribution in [0.15, 0.2) is 18.2 Å². The Morgan fingerprint density at radius 3 is 2.65 bits per heavy atom. The van der Waals surface area contributed by atoms with Crippen LogP contribution in [-0.2, 0) is 0 Å². The molecule has 0 saturated heterocycles. The summed E-state index contributed by atoms with van der Waals surface area (Å²) >= 11 is 0. The SMILES string of the molecule is Cc1cc([N+](=O)[O-])ccc1C(=O)NC(CN)C1CC1.Cl. The maximum atomic E-state index is 12.1. The topological polar surface area (TPSA) is 98.3 Å². The third kappa shape index (κ3) is 3.68. The fourth-order valence-corrected chi connectivity index (χ4v) is 2.13. The van der Waals surface area contributed by atoms with Gasteiger partial charge in [-0.1, -0.05) is 0 Å². The smallest absolute Gasteiger partial charge is 0.269 e. The number of non-ortho nitro benzene ring substituents is 1. The highest BCUT2D eigenvalue weighted by molar-refractivity contribution is 5.96. The highest BCUT2D eigenvalue weighted by atomic mass is 35.5. The summed E-state index contributed by atoms with van der Waals surface area (Å²) in [7, 11) is 0. The molecule has 1 aliphatic rings. The van der Waals surface area contributed by atoms with E-state index in [1.165, 1.54) is 18.2 Å². The van der Waals surface area contributed by atoms with Gasteiger partial charge in [-0.05, 0) is 37.3 Å². The van der Waals surface area contributed by atoms with Crippen LogP contribution < -0.4 is 11.1 Å². The van der Waals surface area contributed by atoms with Gasteiger partial charge in [0.15, 0.2) is 0 Å². The number of nitrogens with two attached hydrogens (primary N) is 1. The van der Waals surface area contributed by atoms with Crippen LogP contribution in [0.25, 0.3) is 0 Å². The first-order valence-electron chi connectivity index (χ1n) is 6.29. The number of carbonyl (C=O) groups excluding carboxylic acids is 1. The zero-order chi connectivity index (χ0) is 14.0. The summed E-state index contributed by atoms with van der Waals surface area (Å²) in [4.78, 5) is 22.3. The Labute approximate surface area is 123 Å². The minimum atomic E-state index is -0.471. The van der Waals surface area contributed by atoms with Crippen molar-refractivity contribution < 1.29 is 9.72 Å². The van der Waals surface area contributed by atoms with E-state index in [0.717, 1.165) is 12.8 Å². The van der Waals surface area contributed by atoms with Gasteiger partial charge in [-0.15, -0.1) is 12.4 Å². The largest absolute Gasteiger partial charge is 0.348 e. The molecular formula is C13H18ClN3O3. The number of aryl methyl sites for hydroxylation is 1. The van der Waals surface area contributed by atoms with Crippen LogP contribution in [0.4, 0.5) is 5.69 Å². The molecule has 0 radical (unpaired) electrons. The third-order valence-electron chi connectivity index (χ3n) is 3.43. The van der Waals surface area contributed by atoms with E-state index in [9.17, 15) is 14.9 Å². The van der Waals surface area contributed by atoms with Gasteiger partial charge in [0, 0.05) is 30.3 Å². The molecule has 2 rings (SSSR count). The fraction of sp³-hybridized carbons (Fsp3) is 0.462. The van der Waals surface area contributed by atoms with Gasteiger partial charge in [-0.2, -0.15) is 0 Å². The van der Waals surface area contributed by atoms with E-state index in [0.29, 0.717) is 23.6 Å². The van der Waals surface area contributed by atoms with Crippen molar-refractivity contribution >= 4 is 24.0 Å². The average Bonchev–Trinajstić information content (AvgIpc) is 3.19. The predicted octanol–water partition coefficient (Wildman–Crippen LogP) is 1.79. The number of rotatable bonds is 5. The number of nitro benzene ring substituents is 1. The summed E-state index contributed by atoms with van der Waals surface area (Å²) in [5, 5.41) is 13.5. The Balaban J connectivity index is 0.00000200. The molecule has 7 heteroatoms. The van der Waals surface area contributed by atoms with E-state index in [1.807, 2.05) is 0 Å². The van der Waals surface area contributed by atoms with Gasteiger partial charge in [-0.3, -0.25) is 14.9 Å². The molecule has 0 spiro atoms. The van der Waals surface area contributed by atoms with E-state index < -0.39 is 4.92 Å². The minimum Gasteiger partial charge on any atom is -0.348 e. The van der Waals surface area contributed by atoms with E-state index in [-0.39, 0.29) is 30.0 Å². The second-order valence-corrected chi connectivity index (χ2v) is 4.91. The maximum Gasteiger partial charge on any atom is 0.269 e. The molecule has 1 aliphatic carbocycles. The Hall–Kier alpha value is -1.66. The first-order valence-corrected chi connectivity index (χ1v) is 6.29. The van der Waals surface area contributed by atoms with Gasteiger partial charge in [0.25, 0.3) is 11.6 Å². The van der Waals surface area contributed by atoms with E-state index in [4.69, 9.17) is 5.73 Å². The number of benzene rings is 1. The van der Waals surface area contributed by atoms with Crippen molar-refractivity contribution in [3.05, 3.63) is 39.4 Å². The number of hydrogen-bond donors (Lipinski definition) is 2. The molecule has 0 aromatic heterocycles. The number of amides is 1. The summed E-state index contributed by atoms with van der Waals surface area (Å²) in [6.07, 6.45) is 2.20. The molecule has 0 heterocycles. The zero-order valence-corrected chi connectivity index (χ0v) is 12.0. The van der Waals surface area contributed by atoms with Gasteiger partial charge in [0.1, 0.15) is 0 Å². The summed E-state index contributed by atoms with van der Waals surface area (Å²) in [5.74, 6) is 0.266. The van der Waals surface area contributed by atoms with Crippen LogP contribution in [0.3, 0.4) is 0 Å². The Kier molecular flexibility index (Phi) is 5.47. The highest BCUT2D eigenvalue weighted by Crippen LogP contribution is 2.32. The van der Waals surface area contributed by atoms with Gasteiger partial charge in [0.05, 0.1) is 4.92 Å². The van der Waals surface area contributed by atoms with Crippen molar-refractivity contribution in [2.24, 2.45) is 11.7 Å². The van der Waals surface area contributed by atoms with Crippen molar-refractivity contribution in [2.45, 2.75) is 25.8 Å². The van der Waals surface area contributed by atoms with Crippen LogP contribution in [0.1, 0.15) is 28.8 Å². The second-order valence-electron chi connectivity index (χ2n) is 4.91. The molecular weight excluding hydrogens is 282 g/mol. The third-order valence-corrected chi connectivity index (χ3v) is 3.43. The lowest BCUT2D eigenvalue weighted by Crippen LogP contribution is -2.41. The quantitative estimate of drug-likeness (QED) is 0.639. The first-order chi connectivity index (χ1) is 9.02. The number of nitrogens with zero attached hydrogens (tertiary/aromatic N) is 1. The standard InChI is InChI=1S/C13H17N3O3.ClH/c1-8-6-10(16(18)19)4-5-11(8)13(17)15-12(7-14)9-2-3-9;/h4-6,9,12H,2-3,7,14H2,1H3,(H,15,17);1H. The number of halogens is 1. The molecule has 1 amide bonds. The van der Waals surface area contributed by atoms with Crippen LogP contribution in [0, 0.1) is 23.0 Å². The molecule has 3 N–H and O–H groups in total. The molecule has 20 heavy (non-hydrogen) atoms. The summed E-state index contributed by atoms with van der Waals surface area (Å²) in [6, 6.07) is 4.24. The monoisotopic (exact) mass is 299 g/mol. The lowest BCUT2D eigenvalue weighted by molar-refractivity contribution is -0.384. The van der Waals surface area contributed by atoms with Gasteiger partial charge >= 0.3 is 0 Å².